The molecule has 4 rings (SSSR count). The fraction of sp³-hybridized carbons (Fsp3) is 0.250. The lowest BCUT2D eigenvalue weighted by Gasteiger charge is -2.28. The Morgan fingerprint density at radius 3 is 2.89 bits per heavy atom. The first-order valence-corrected chi connectivity index (χ1v) is 10.8. The zero-order valence-electron chi connectivity index (χ0n) is 15.3. The van der Waals surface area contributed by atoms with Crippen molar-refractivity contribution in [3.63, 3.8) is 0 Å². The molecule has 8 heteroatoms. The molecule has 2 N–H and O–H groups in total. The lowest BCUT2D eigenvalue weighted by Crippen LogP contribution is -2.35. The molecule has 3 aromatic rings. The van der Waals surface area contributed by atoms with Crippen LogP contribution in [-0.2, 0) is 34.2 Å². The van der Waals surface area contributed by atoms with Gasteiger partial charge in [0.25, 0.3) is 0 Å². The van der Waals surface area contributed by atoms with Crippen LogP contribution < -0.4 is 5.32 Å². The largest absolute Gasteiger partial charge is 0.361 e. The molecule has 1 aromatic heterocycles. The van der Waals surface area contributed by atoms with E-state index >= 15 is 0 Å². The molecule has 2 aromatic carbocycles. The average molecular weight is 401 g/mol. The van der Waals surface area contributed by atoms with E-state index in [2.05, 4.69) is 10.3 Å². The van der Waals surface area contributed by atoms with Crippen molar-refractivity contribution in [3.8, 4) is 0 Å². The molecule has 146 valence electrons. The van der Waals surface area contributed by atoms with E-state index in [9.17, 15) is 17.6 Å². The molecule has 2 heterocycles. The van der Waals surface area contributed by atoms with E-state index in [1.54, 1.807) is 12.3 Å². The Kier molecular flexibility index (Phi) is 4.68. The molecule has 0 atom stereocenters. The van der Waals surface area contributed by atoms with Crippen LogP contribution in [0, 0.1) is 5.82 Å². The number of nitrogens with one attached hydrogen (secondary N) is 2. The SMILES string of the molecule is CS(=O)(=O)N1CCc2c(cccc2NC(=O)Cc2c[nH]c3cc(F)ccc23)C1. The summed E-state index contributed by atoms with van der Waals surface area (Å²) in [7, 11) is -3.25. The number of sulfonamides is 1. The number of halogens is 1. The van der Waals surface area contributed by atoms with E-state index in [4.69, 9.17) is 0 Å². The molecule has 28 heavy (non-hydrogen) atoms. The summed E-state index contributed by atoms with van der Waals surface area (Å²) in [5.41, 5.74) is 4.02. The topological polar surface area (TPSA) is 82.3 Å². The number of benzene rings is 2. The fourth-order valence-corrected chi connectivity index (χ4v) is 4.45. The third-order valence-electron chi connectivity index (χ3n) is 5.05. The van der Waals surface area contributed by atoms with Crippen LogP contribution in [0.5, 0.6) is 0 Å². The minimum Gasteiger partial charge on any atom is -0.361 e. The minimum absolute atomic E-state index is 0.158. The zero-order chi connectivity index (χ0) is 19.9. The second-order valence-corrected chi connectivity index (χ2v) is 9.00. The van der Waals surface area contributed by atoms with Gasteiger partial charge in [-0.2, -0.15) is 4.31 Å². The van der Waals surface area contributed by atoms with E-state index in [1.807, 2.05) is 18.2 Å². The first-order valence-electron chi connectivity index (χ1n) is 8.92. The Labute approximate surface area is 162 Å². The summed E-state index contributed by atoms with van der Waals surface area (Å²) < 4.78 is 38.3. The van der Waals surface area contributed by atoms with E-state index < -0.39 is 10.0 Å². The third kappa shape index (κ3) is 3.65. The van der Waals surface area contributed by atoms with Gasteiger partial charge in [-0.3, -0.25) is 4.79 Å². The van der Waals surface area contributed by atoms with Crippen molar-refractivity contribution >= 4 is 32.5 Å². The van der Waals surface area contributed by atoms with Gasteiger partial charge in [-0.05, 0) is 47.4 Å². The van der Waals surface area contributed by atoms with Crippen LogP contribution in [0.1, 0.15) is 16.7 Å². The number of aromatic nitrogens is 1. The maximum Gasteiger partial charge on any atom is 0.228 e. The number of rotatable bonds is 4. The quantitative estimate of drug-likeness (QED) is 0.705. The van der Waals surface area contributed by atoms with Gasteiger partial charge in [0, 0.05) is 35.9 Å². The van der Waals surface area contributed by atoms with Gasteiger partial charge in [-0.1, -0.05) is 12.1 Å². The first kappa shape index (κ1) is 18.6. The predicted octanol–water partition coefficient (Wildman–Crippen LogP) is 2.81. The number of hydrogen-bond acceptors (Lipinski definition) is 3. The highest BCUT2D eigenvalue weighted by atomic mass is 32.2. The number of H-pyrrole nitrogens is 1. The molecule has 0 radical (unpaired) electrons. The number of amides is 1. The van der Waals surface area contributed by atoms with Crippen molar-refractivity contribution in [1.29, 1.82) is 0 Å². The van der Waals surface area contributed by atoms with Crippen LogP contribution in [0.15, 0.2) is 42.6 Å². The molecule has 1 amide bonds. The smallest absolute Gasteiger partial charge is 0.228 e. The summed E-state index contributed by atoms with van der Waals surface area (Å²) >= 11 is 0. The van der Waals surface area contributed by atoms with Crippen LogP contribution >= 0.6 is 0 Å². The molecular weight excluding hydrogens is 381 g/mol. The number of aromatic amines is 1. The van der Waals surface area contributed by atoms with Crippen molar-refractivity contribution in [2.24, 2.45) is 0 Å². The fourth-order valence-electron chi connectivity index (χ4n) is 3.66. The van der Waals surface area contributed by atoms with Crippen LogP contribution in [0.25, 0.3) is 10.9 Å². The number of fused-ring (bicyclic) bond motifs is 2. The molecular formula is C20H20FN3O3S. The minimum atomic E-state index is -3.25. The lowest BCUT2D eigenvalue weighted by molar-refractivity contribution is -0.115. The molecule has 0 aliphatic carbocycles. The summed E-state index contributed by atoms with van der Waals surface area (Å²) in [5, 5.41) is 3.76. The Hall–Kier alpha value is -2.71. The summed E-state index contributed by atoms with van der Waals surface area (Å²) in [6, 6.07) is 9.97. The van der Waals surface area contributed by atoms with Crippen molar-refractivity contribution < 1.29 is 17.6 Å². The van der Waals surface area contributed by atoms with Crippen LogP contribution in [0.2, 0.25) is 0 Å². The molecule has 0 bridgehead atoms. The molecule has 0 saturated carbocycles. The highest BCUT2D eigenvalue weighted by Crippen LogP contribution is 2.28. The number of carbonyl (C=O) groups excluding carboxylic acids is 1. The van der Waals surface area contributed by atoms with Crippen LogP contribution in [0.4, 0.5) is 10.1 Å². The number of anilines is 1. The van der Waals surface area contributed by atoms with Gasteiger partial charge < -0.3 is 10.3 Å². The second kappa shape index (κ2) is 7.03. The average Bonchev–Trinajstić information content (AvgIpc) is 3.02. The second-order valence-electron chi connectivity index (χ2n) is 7.02. The van der Waals surface area contributed by atoms with E-state index in [0.717, 1.165) is 22.1 Å². The maximum atomic E-state index is 13.3. The molecule has 1 aliphatic rings. The number of hydrogen-bond donors (Lipinski definition) is 2. The summed E-state index contributed by atoms with van der Waals surface area (Å²) in [5.74, 6) is -0.506. The highest BCUT2D eigenvalue weighted by molar-refractivity contribution is 7.88. The monoisotopic (exact) mass is 401 g/mol. The van der Waals surface area contributed by atoms with Crippen molar-refractivity contribution in [3.05, 3.63) is 65.1 Å². The van der Waals surface area contributed by atoms with Gasteiger partial charge >= 0.3 is 0 Å². The van der Waals surface area contributed by atoms with E-state index in [1.165, 1.54) is 22.7 Å². The van der Waals surface area contributed by atoms with E-state index in [0.29, 0.717) is 30.7 Å². The number of carbonyl (C=O) groups is 1. The van der Waals surface area contributed by atoms with Crippen molar-refractivity contribution in [2.45, 2.75) is 19.4 Å². The van der Waals surface area contributed by atoms with Gasteiger partial charge in [0.15, 0.2) is 0 Å². The summed E-state index contributed by atoms with van der Waals surface area (Å²) in [6.45, 7) is 0.707. The maximum absolute atomic E-state index is 13.3. The Balaban J connectivity index is 1.52. The van der Waals surface area contributed by atoms with Gasteiger partial charge in [0.2, 0.25) is 15.9 Å². The molecule has 6 nitrogen and oxygen atoms in total. The molecule has 1 aliphatic heterocycles. The number of nitrogens with zero attached hydrogens (tertiary/aromatic N) is 1. The van der Waals surface area contributed by atoms with Crippen LogP contribution in [0.3, 0.4) is 0 Å². The Morgan fingerprint density at radius 1 is 1.29 bits per heavy atom. The standard InChI is InChI=1S/C20H20FN3O3S/c1-28(26,27)24-8-7-17-13(12-24)3-2-4-18(17)23-20(25)9-14-11-22-19-10-15(21)5-6-16(14)19/h2-6,10-11,22H,7-9,12H2,1H3,(H,23,25). The summed E-state index contributed by atoms with van der Waals surface area (Å²) in [6.07, 6.45) is 3.63. The first-order chi connectivity index (χ1) is 13.3. The zero-order valence-corrected chi connectivity index (χ0v) is 16.1. The highest BCUT2D eigenvalue weighted by Gasteiger charge is 2.25. The predicted molar refractivity (Wildman–Crippen MR) is 106 cm³/mol. The van der Waals surface area contributed by atoms with Gasteiger partial charge in [0.1, 0.15) is 5.82 Å². The molecule has 0 saturated heterocycles. The van der Waals surface area contributed by atoms with Gasteiger partial charge in [-0.25, -0.2) is 12.8 Å². The molecule has 0 unspecified atom stereocenters. The van der Waals surface area contributed by atoms with Crippen LogP contribution in [-0.4, -0.2) is 36.4 Å². The van der Waals surface area contributed by atoms with Gasteiger partial charge in [0.05, 0.1) is 12.7 Å². The molecule has 0 spiro atoms. The Bertz CT molecular complexity index is 1170. The third-order valence-corrected chi connectivity index (χ3v) is 6.30. The van der Waals surface area contributed by atoms with Gasteiger partial charge in [-0.15, -0.1) is 0 Å². The molecule has 0 fully saturated rings. The van der Waals surface area contributed by atoms with Crippen molar-refractivity contribution in [1.82, 2.24) is 9.29 Å². The Morgan fingerprint density at radius 2 is 2.11 bits per heavy atom. The normalized spacial score (nSPS) is 14.8. The van der Waals surface area contributed by atoms with Crippen molar-refractivity contribution in [2.75, 3.05) is 18.1 Å². The summed E-state index contributed by atoms with van der Waals surface area (Å²) in [4.78, 5) is 15.6. The lowest BCUT2D eigenvalue weighted by atomic mass is 9.99. The van der Waals surface area contributed by atoms with E-state index in [-0.39, 0.29) is 18.1 Å².